The van der Waals surface area contributed by atoms with E-state index in [2.05, 4.69) is 0 Å². The molecule has 0 saturated carbocycles. The number of benzene rings is 2. The molecule has 4 heteroatoms. The van der Waals surface area contributed by atoms with Gasteiger partial charge in [-0.3, -0.25) is 0 Å². The summed E-state index contributed by atoms with van der Waals surface area (Å²) in [5.74, 6) is -0.236. The Morgan fingerprint density at radius 1 is 0.875 bits per heavy atom. The number of aryl methyl sites for hydroxylation is 1. The van der Waals surface area contributed by atoms with Gasteiger partial charge in [-0.2, -0.15) is 0 Å². The number of rotatable bonds is 4. The van der Waals surface area contributed by atoms with Gasteiger partial charge in [-0.25, -0.2) is 0 Å². The van der Waals surface area contributed by atoms with Crippen LogP contribution in [-0.4, -0.2) is 31.2 Å². The van der Waals surface area contributed by atoms with Crippen molar-refractivity contribution in [2.75, 3.05) is 0 Å². The molecule has 1 aliphatic rings. The predicted octanol–water partition coefficient (Wildman–Crippen LogP) is 3.65. The van der Waals surface area contributed by atoms with Crippen LogP contribution >= 0.6 is 0 Å². The number of hydrogen-bond acceptors (Lipinski definition) is 3. The van der Waals surface area contributed by atoms with Gasteiger partial charge >= 0.3 is 147 Å². The molecule has 0 amide bonds. The zero-order valence-corrected chi connectivity index (χ0v) is 15.2. The van der Waals surface area contributed by atoms with Crippen molar-refractivity contribution in [1.29, 1.82) is 0 Å². The van der Waals surface area contributed by atoms with E-state index >= 15 is 0 Å². The second-order valence-electron chi connectivity index (χ2n) is 5.75. The van der Waals surface area contributed by atoms with Gasteiger partial charge in [0.2, 0.25) is 0 Å². The first kappa shape index (κ1) is 16.6. The molecule has 0 saturated heterocycles. The molecule has 0 spiro atoms. The van der Waals surface area contributed by atoms with E-state index < -0.39 is 15.0 Å². The van der Waals surface area contributed by atoms with E-state index in [1.807, 2.05) is 31.2 Å². The van der Waals surface area contributed by atoms with Crippen LogP contribution in [0.1, 0.15) is 43.6 Å². The van der Waals surface area contributed by atoms with Crippen LogP contribution in [0.4, 0.5) is 0 Å². The van der Waals surface area contributed by atoms with Crippen molar-refractivity contribution in [3.05, 3.63) is 81.9 Å². The summed E-state index contributed by atoms with van der Waals surface area (Å²) in [5.41, 5.74) is 3.62. The molecule has 0 aliphatic heterocycles. The van der Waals surface area contributed by atoms with Crippen molar-refractivity contribution in [3.63, 3.8) is 0 Å². The first-order chi connectivity index (χ1) is 11.5. The molecule has 24 heavy (non-hydrogen) atoms. The number of hydrogen-bond donors (Lipinski definition) is 0. The van der Waals surface area contributed by atoms with Gasteiger partial charge in [0.1, 0.15) is 0 Å². The maximum atomic E-state index is 12.7. The molecule has 0 atom stereocenters. The summed E-state index contributed by atoms with van der Waals surface area (Å²) in [7, 11) is 0. The average Bonchev–Trinajstić information content (AvgIpc) is 2.60. The fraction of sp³-hybridized carbons (Fsp3) is 0.150. The summed E-state index contributed by atoms with van der Waals surface area (Å²) in [6, 6.07) is 14.3. The van der Waals surface area contributed by atoms with Crippen molar-refractivity contribution in [1.82, 2.24) is 0 Å². The van der Waals surface area contributed by atoms with Crippen LogP contribution in [0.15, 0.2) is 59.7 Å². The summed E-state index contributed by atoms with van der Waals surface area (Å²) in [5, 5.41) is 0.352. The van der Waals surface area contributed by atoms with Crippen LogP contribution < -0.4 is 0 Å². The summed E-state index contributed by atoms with van der Waals surface area (Å²) in [6.07, 6.45) is 0. The van der Waals surface area contributed by atoms with Crippen LogP contribution in [0.5, 0.6) is 0 Å². The Morgan fingerprint density at radius 3 is 2.08 bits per heavy atom. The van der Waals surface area contributed by atoms with Crippen LogP contribution in [-0.2, 0) is 0 Å². The molecular weight excluding hydrogens is 367 g/mol. The van der Waals surface area contributed by atoms with Gasteiger partial charge in [0.15, 0.2) is 0 Å². The Kier molecular flexibility index (Phi) is 4.61. The second kappa shape index (κ2) is 6.68. The molecule has 1 aliphatic carbocycles. The molecule has 2 aromatic rings. The van der Waals surface area contributed by atoms with Crippen LogP contribution in [0, 0.1) is 6.92 Å². The average molecular weight is 383 g/mol. The maximum absolute atomic E-state index is 12.7. The topological polar surface area (TPSA) is 51.2 Å². The molecule has 0 heterocycles. The molecule has 0 aromatic heterocycles. The molecule has 0 radical (unpaired) electrons. The number of allylic oxidation sites excluding steroid dienone is 2. The monoisotopic (exact) mass is 384 g/mol. The summed E-state index contributed by atoms with van der Waals surface area (Å²) < 4.78 is 0.0434. The molecule has 120 valence electrons. The van der Waals surface area contributed by atoms with E-state index in [0.29, 0.717) is 33.2 Å². The Labute approximate surface area is 146 Å². The van der Waals surface area contributed by atoms with Crippen LogP contribution in [0.25, 0.3) is 0 Å². The molecule has 3 nitrogen and oxygen atoms in total. The van der Waals surface area contributed by atoms with Gasteiger partial charge in [-0.15, -0.1) is 0 Å². The number of Topliss-reactive ketones (excluding diaryl/α,β-unsaturated/α-hetero) is 2. The summed E-state index contributed by atoms with van der Waals surface area (Å²) in [6.45, 7) is 3.65. The number of carbonyl (C=O) groups excluding carboxylic acids is 3. The number of fused-ring (bicyclic) bond motifs is 1. The zero-order chi connectivity index (χ0) is 17.3. The van der Waals surface area contributed by atoms with Crippen molar-refractivity contribution < 1.29 is 14.4 Å². The van der Waals surface area contributed by atoms with E-state index in [4.69, 9.17) is 0 Å². The number of ketones is 2. The molecule has 3 rings (SSSR count). The van der Waals surface area contributed by atoms with E-state index in [0.717, 1.165) is 5.56 Å². The molecule has 0 N–H and O–H groups in total. The van der Waals surface area contributed by atoms with Gasteiger partial charge in [-0.05, 0) is 0 Å². The zero-order valence-electron chi connectivity index (χ0n) is 13.5. The van der Waals surface area contributed by atoms with Crippen LogP contribution in [0.3, 0.4) is 0 Å². The molecule has 0 fully saturated rings. The summed E-state index contributed by atoms with van der Waals surface area (Å²) >= 11 is -0.409. The van der Waals surface area contributed by atoms with E-state index in [1.54, 1.807) is 31.2 Å². The second-order valence-corrected chi connectivity index (χ2v) is 7.74. The van der Waals surface area contributed by atoms with Gasteiger partial charge < -0.3 is 0 Å². The third-order valence-corrected chi connectivity index (χ3v) is 6.07. The molecule has 2 aromatic carbocycles. The Balaban J connectivity index is 1.81. The van der Waals surface area contributed by atoms with Crippen molar-refractivity contribution in [2.45, 2.75) is 19.2 Å². The molecule has 0 unspecified atom stereocenters. The van der Waals surface area contributed by atoms with E-state index in [1.165, 1.54) is 0 Å². The molecule has 0 bridgehead atoms. The van der Waals surface area contributed by atoms with Crippen molar-refractivity contribution >= 4 is 31.2 Å². The fourth-order valence-corrected chi connectivity index (χ4v) is 4.58. The third kappa shape index (κ3) is 3.03. The van der Waals surface area contributed by atoms with Gasteiger partial charge in [0, 0.05) is 0 Å². The Morgan fingerprint density at radius 2 is 1.46 bits per heavy atom. The van der Waals surface area contributed by atoms with Crippen molar-refractivity contribution in [3.8, 4) is 0 Å². The van der Waals surface area contributed by atoms with Gasteiger partial charge in [0.05, 0.1) is 0 Å². The normalized spacial score (nSPS) is 13.9. The van der Waals surface area contributed by atoms with Crippen LogP contribution in [0.2, 0.25) is 5.32 Å². The quantitative estimate of drug-likeness (QED) is 0.758. The third-order valence-electron chi connectivity index (χ3n) is 4.12. The SMILES string of the molecule is CC1=C(C[Se]C(=O)c2ccc(C)cc2)C(=O)c2ccccc2C1=O. The van der Waals surface area contributed by atoms with Crippen molar-refractivity contribution in [2.24, 2.45) is 0 Å². The van der Waals surface area contributed by atoms with Gasteiger partial charge in [0.25, 0.3) is 0 Å². The summed E-state index contributed by atoms with van der Waals surface area (Å²) in [4.78, 5) is 37.4. The fourth-order valence-electron chi connectivity index (χ4n) is 2.64. The predicted molar refractivity (Wildman–Crippen MR) is 93.9 cm³/mol. The van der Waals surface area contributed by atoms with E-state index in [9.17, 15) is 14.4 Å². The molecular formula is C20H16O3Se. The standard InChI is InChI=1S/C20H16O3Se/c1-12-7-9-14(10-8-12)20(23)24-11-17-13(2)18(21)15-5-3-4-6-16(15)19(17)22/h3-10H,11H2,1-2H3. The first-order valence-corrected chi connectivity index (χ1v) is 9.68. The minimum absolute atomic E-state index is 0.0434. The van der Waals surface area contributed by atoms with Gasteiger partial charge in [-0.1, -0.05) is 0 Å². The van der Waals surface area contributed by atoms with E-state index in [-0.39, 0.29) is 16.2 Å². The first-order valence-electron chi connectivity index (χ1n) is 7.61. The Hall–Kier alpha value is -2.29. The Bertz CT molecular complexity index is 876. The number of carbonyl (C=O) groups is 3. The minimum atomic E-state index is -0.409.